The van der Waals surface area contributed by atoms with Crippen molar-refractivity contribution in [1.29, 1.82) is 0 Å². The van der Waals surface area contributed by atoms with E-state index in [0.717, 1.165) is 55.2 Å². The van der Waals surface area contributed by atoms with Gasteiger partial charge in [-0.2, -0.15) is 0 Å². The lowest BCUT2D eigenvalue weighted by Gasteiger charge is -2.33. The minimum absolute atomic E-state index is 0.329. The molecule has 170 valence electrons. The Bertz CT molecular complexity index is 1150. The van der Waals surface area contributed by atoms with Crippen LogP contribution in [0.25, 0.3) is 11.0 Å². The fourth-order valence-corrected chi connectivity index (χ4v) is 4.62. The number of pyridine rings is 1. The number of benzene rings is 2. The monoisotopic (exact) mass is 441 g/mol. The van der Waals surface area contributed by atoms with E-state index in [1.54, 1.807) is 0 Å². The van der Waals surface area contributed by atoms with Gasteiger partial charge in [-0.3, -0.25) is 14.5 Å². The van der Waals surface area contributed by atoms with Gasteiger partial charge < -0.3 is 10.1 Å². The predicted octanol–water partition coefficient (Wildman–Crippen LogP) is 5.09. The van der Waals surface area contributed by atoms with Gasteiger partial charge in [0.05, 0.1) is 16.7 Å². The summed E-state index contributed by atoms with van der Waals surface area (Å²) in [5.74, 6) is 0.849. The first-order valence-corrected chi connectivity index (χ1v) is 11.8. The van der Waals surface area contributed by atoms with E-state index in [9.17, 15) is 0 Å². The van der Waals surface area contributed by atoms with Crippen molar-refractivity contribution in [3.63, 3.8) is 0 Å². The molecule has 1 fully saturated rings. The summed E-state index contributed by atoms with van der Waals surface area (Å²) in [4.78, 5) is 12.1. The fraction of sp³-hybridized carbons (Fsp3) is 0.333. The minimum Gasteiger partial charge on any atom is -0.353 e. The molecular formula is C27H31N5O. The standard InChI is InChI=1S/C27H31N5O/c1-2-33-26(24-13-8-9-17-28-24)32-25-14-7-6-12-23(25)30-27(32)29-22-15-18-31(19-16-22)20-21-10-4-3-5-11-21/h3-14,17,22,26H,2,15-16,18-20H2,1H3,(H,29,30). The van der Waals surface area contributed by atoms with E-state index in [0.29, 0.717) is 12.6 Å². The summed E-state index contributed by atoms with van der Waals surface area (Å²) in [6.07, 6.45) is 3.65. The molecule has 2 aromatic carbocycles. The van der Waals surface area contributed by atoms with Crippen LogP contribution < -0.4 is 5.32 Å². The molecule has 6 nitrogen and oxygen atoms in total. The lowest BCUT2D eigenvalue weighted by molar-refractivity contribution is 0.0420. The van der Waals surface area contributed by atoms with Gasteiger partial charge in [-0.1, -0.05) is 48.5 Å². The molecule has 33 heavy (non-hydrogen) atoms. The van der Waals surface area contributed by atoms with E-state index in [2.05, 4.69) is 62.2 Å². The van der Waals surface area contributed by atoms with Gasteiger partial charge in [-0.05, 0) is 49.6 Å². The van der Waals surface area contributed by atoms with Crippen LogP contribution in [0.4, 0.5) is 5.95 Å². The molecule has 0 radical (unpaired) electrons. The highest BCUT2D eigenvalue weighted by Gasteiger charge is 2.25. The van der Waals surface area contributed by atoms with E-state index in [-0.39, 0.29) is 6.23 Å². The van der Waals surface area contributed by atoms with Crippen molar-refractivity contribution in [2.75, 3.05) is 25.0 Å². The molecule has 1 atom stereocenters. The van der Waals surface area contributed by atoms with Gasteiger partial charge in [-0.25, -0.2) is 4.98 Å². The van der Waals surface area contributed by atoms with Crippen LogP contribution in [0.15, 0.2) is 79.0 Å². The van der Waals surface area contributed by atoms with Crippen LogP contribution in [0.1, 0.15) is 37.3 Å². The van der Waals surface area contributed by atoms with E-state index < -0.39 is 0 Å². The van der Waals surface area contributed by atoms with Gasteiger partial charge in [-0.15, -0.1) is 0 Å². The average molecular weight is 442 g/mol. The molecule has 0 saturated carbocycles. The maximum atomic E-state index is 6.21. The largest absolute Gasteiger partial charge is 0.353 e. The maximum Gasteiger partial charge on any atom is 0.206 e. The van der Waals surface area contributed by atoms with E-state index >= 15 is 0 Å². The van der Waals surface area contributed by atoms with Crippen molar-refractivity contribution in [3.05, 3.63) is 90.3 Å². The Morgan fingerprint density at radius 1 is 0.970 bits per heavy atom. The molecule has 2 aromatic heterocycles. The van der Waals surface area contributed by atoms with E-state index in [1.165, 1.54) is 5.56 Å². The summed E-state index contributed by atoms with van der Waals surface area (Å²) >= 11 is 0. The minimum atomic E-state index is -0.329. The first kappa shape index (κ1) is 21.6. The number of hydrogen-bond acceptors (Lipinski definition) is 5. The van der Waals surface area contributed by atoms with Gasteiger partial charge in [0.2, 0.25) is 5.95 Å². The summed E-state index contributed by atoms with van der Waals surface area (Å²) in [6, 6.07) is 25.3. The summed E-state index contributed by atoms with van der Waals surface area (Å²) in [7, 11) is 0. The molecule has 0 aliphatic carbocycles. The normalized spacial score (nSPS) is 16.2. The van der Waals surface area contributed by atoms with Gasteiger partial charge in [0.15, 0.2) is 6.23 Å². The molecule has 1 saturated heterocycles. The molecule has 0 bridgehead atoms. The van der Waals surface area contributed by atoms with Crippen molar-refractivity contribution >= 4 is 17.0 Å². The Balaban J connectivity index is 1.36. The maximum absolute atomic E-state index is 6.21. The lowest BCUT2D eigenvalue weighted by Crippen LogP contribution is -2.39. The highest BCUT2D eigenvalue weighted by molar-refractivity contribution is 5.79. The molecule has 0 spiro atoms. The van der Waals surface area contributed by atoms with Crippen molar-refractivity contribution in [1.82, 2.24) is 19.4 Å². The van der Waals surface area contributed by atoms with Crippen LogP contribution in [0.3, 0.4) is 0 Å². The molecule has 1 aliphatic rings. The second kappa shape index (κ2) is 10.1. The van der Waals surface area contributed by atoms with Crippen LogP contribution in [0.2, 0.25) is 0 Å². The molecule has 1 aliphatic heterocycles. The highest BCUT2D eigenvalue weighted by Crippen LogP contribution is 2.30. The molecule has 6 heteroatoms. The lowest BCUT2D eigenvalue weighted by atomic mass is 10.0. The summed E-state index contributed by atoms with van der Waals surface area (Å²) in [5, 5.41) is 3.75. The SMILES string of the molecule is CCOC(c1ccccn1)n1c(NC2CCN(Cc3ccccc3)CC2)nc2ccccc21. The second-order valence-electron chi connectivity index (χ2n) is 8.54. The number of rotatable bonds is 8. The Hall–Kier alpha value is -3.22. The fourth-order valence-electron chi connectivity index (χ4n) is 4.62. The Morgan fingerprint density at radius 2 is 1.73 bits per heavy atom. The molecule has 0 amide bonds. The topological polar surface area (TPSA) is 55.2 Å². The highest BCUT2D eigenvalue weighted by atomic mass is 16.5. The number of aromatic nitrogens is 3. The van der Waals surface area contributed by atoms with E-state index in [1.807, 2.05) is 43.5 Å². The number of hydrogen-bond donors (Lipinski definition) is 1. The number of nitrogens with one attached hydrogen (secondary N) is 1. The number of nitrogens with zero attached hydrogens (tertiary/aromatic N) is 4. The molecular weight excluding hydrogens is 410 g/mol. The van der Waals surface area contributed by atoms with Crippen molar-refractivity contribution in [2.24, 2.45) is 0 Å². The number of piperidine rings is 1. The molecule has 4 aromatic rings. The number of fused-ring (bicyclic) bond motifs is 1. The van der Waals surface area contributed by atoms with Gasteiger partial charge in [0, 0.05) is 38.5 Å². The smallest absolute Gasteiger partial charge is 0.206 e. The number of para-hydroxylation sites is 2. The van der Waals surface area contributed by atoms with Crippen LogP contribution >= 0.6 is 0 Å². The second-order valence-corrected chi connectivity index (χ2v) is 8.54. The number of ether oxygens (including phenoxy) is 1. The van der Waals surface area contributed by atoms with Gasteiger partial charge >= 0.3 is 0 Å². The quantitative estimate of drug-likeness (QED) is 0.413. The van der Waals surface area contributed by atoms with Crippen molar-refractivity contribution in [2.45, 2.75) is 38.6 Å². The average Bonchev–Trinajstić information content (AvgIpc) is 3.22. The third-order valence-corrected chi connectivity index (χ3v) is 6.27. The van der Waals surface area contributed by atoms with E-state index in [4.69, 9.17) is 9.72 Å². The van der Waals surface area contributed by atoms with Crippen LogP contribution in [-0.4, -0.2) is 45.2 Å². The third kappa shape index (κ3) is 4.92. The molecule has 1 unspecified atom stereocenters. The first-order chi connectivity index (χ1) is 16.3. The first-order valence-electron chi connectivity index (χ1n) is 11.8. The summed E-state index contributed by atoms with van der Waals surface area (Å²) in [5.41, 5.74) is 4.26. The van der Waals surface area contributed by atoms with Gasteiger partial charge in [0.25, 0.3) is 0 Å². The molecule has 1 N–H and O–H groups in total. The predicted molar refractivity (Wildman–Crippen MR) is 132 cm³/mol. The number of imidazole rings is 1. The summed E-state index contributed by atoms with van der Waals surface area (Å²) in [6.45, 7) is 5.76. The van der Waals surface area contributed by atoms with Crippen LogP contribution in [-0.2, 0) is 11.3 Å². The Morgan fingerprint density at radius 3 is 2.48 bits per heavy atom. The Kier molecular flexibility index (Phi) is 6.65. The zero-order valence-electron chi connectivity index (χ0n) is 19.1. The van der Waals surface area contributed by atoms with Crippen molar-refractivity contribution < 1.29 is 4.74 Å². The third-order valence-electron chi connectivity index (χ3n) is 6.27. The number of likely N-dealkylation sites (tertiary alicyclic amines) is 1. The molecule has 5 rings (SSSR count). The van der Waals surface area contributed by atoms with Crippen LogP contribution in [0, 0.1) is 0 Å². The zero-order valence-corrected chi connectivity index (χ0v) is 19.1. The zero-order chi connectivity index (χ0) is 22.5. The molecule has 3 heterocycles. The number of anilines is 1. The van der Waals surface area contributed by atoms with Crippen molar-refractivity contribution in [3.8, 4) is 0 Å². The summed E-state index contributed by atoms with van der Waals surface area (Å²) < 4.78 is 8.37. The Labute approximate surface area is 195 Å². The van der Waals surface area contributed by atoms with Crippen LogP contribution in [0.5, 0.6) is 0 Å². The van der Waals surface area contributed by atoms with Gasteiger partial charge in [0.1, 0.15) is 0 Å².